The molecule has 0 radical (unpaired) electrons. The summed E-state index contributed by atoms with van der Waals surface area (Å²) in [5.74, 6) is -1.16. The molecule has 0 bridgehead atoms. The number of ether oxygens (including phenoxy) is 4. The quantitative estimate of drug-likeness (QED) is 0.220. The molecule has 1 heterocycles. The Morgan fingerprint density at radius 2 is 1.61 bits per heavy atom. The Morgan fingerprint density at radius 3 is 2.17 bits per heavy atom. The van der Waals surface area contributed by atoms with E-state index in [4.69, 9.17) is 23.8 Å². The van der Waals surface area contributed by atoms with Crippen LogP contribution in [0.4, 0.5) is 10.5 Å². The number of carbonyl (C=O) groups is 4. The lowest BCUT2D eigenvalue weighted by molar-refractivity contribution is -0.141. The van der Waals surface area contributed by atoms with Crippen molar-refractivity contribution < 1.29 is 43.0 Å². The van der Waals surface area contributed by atoms with Gasteiger partial charge in [-0.05, 0) is 78.3 Å². The van der Waals surface area contributed by atoms with Crippen LogP contribution in [0.15, 0.2) is 36.4 Å². The topological polar surface area (TPSA) is 121 Å². The van der Waals surface area contributed by atoms with E-state index >= 15 is 0 Å². The molecule has 0 aliphatic carbocycles. The first-order valence-electron chi connectivity index (χ1n) is 13.2. The third-order valence-electron chi connectivity index (χ3n) is 5.84. The molecule has 3 amide bonds. The van der Waals surface area contributed by atoms with E-state index in [1.54, 1.807) is 72.7 Å². The third-order valence-corrected chi connectivity index (χ3v) is 5.84. The monoisotopic (exact) mass is 570 g/mol. The lowest BCUT2D eigenvalue weighted by Gasteiger charge is -2.32. The molecule has 0 aromatic heterocycles. The Hall–Kier alpha value is -4.12. The molecule has 1 aliphatic heterocycles. The van der Waals surface area contributed by atoms with Crippen molar-refractivity contribution in [2.45, 2.75) is 72.1 Å². The van der Waals surface area contributed by atoms with Crippen LogP contribution in [-0.4, -0.2) is 60.8 Å². The number of hydrogen-bond acceptors (Lipinski definition) is 9. The first-order valence-corrected chi connectivity index (χ1v) is 13.2. The molecule has 1 atom stereocenters. The second-order valence-electron chi connectivity index (χ2n) is 11.3. The van der Waals surface area contributed by atoms with Gasteiger partial charge in [0.25, 0.3) is 11.8 Å². The zero-order chi connectivity index (χ0) is 30.7. The third kappa shape index (κ3) is 7.15. The first-order chi connectivity index (χ1) is 19.1. The van der Waals surface area contributed by atoms with E-state index in [2.05, 4.69) is 0 Å². The standard InChI is InChI=1S/C30H38N2O9/c1-10-39-23-16-18(14-15-22(23)37-8)21(17-24(33)38-9)31-26(34)19-12-11-13-20(25(19)27(31)35)32(41-30(5,6)7)28(36)40-29(2,3)4/h11-16,21H,10,17H2,1-9H3. The van der Waals surface area contributed by atoms with Crippen molar-refractivity contribution >= 4 is 29.6 Å². The minimum absolute atomic E-state index is 0.0362. The summed E-state index contributed by atoms with van der Waals surface area (Å²) in [4.78, 5) is 60.6. The van der Waals surface area contributed by atoms with E-state index in [-0.39, 0.29) is 23.2 Å². The Labute approximate surface area is 240 Å². The van der Waals surface area contributed by atoms with Crippen LogP contribution in [0, 0.1) is 0 Å². The number of hydrogen-bond donors (Lipinski definition) is 0. The van der Waals surface area contributed by atoms with Gasteiger partial charge in [-0.15, -0.1) is 0 Å². The lowest BCUT2D eigenvalue weighted by Crippen LogP contribution is -2.42. The highest BCUT2D eigenvalue weighted by Crippen LogP contribution is 2.41. The first kappa shape index (κ1) is 31.4. The molecule has 1 aliphatic rings. The highest BCUT2D eigenvalue weighted by Gasteiger charge is 2.45. The van der Waals surface area contributed by atoms with Crippen LogP contribution in [0.25, 0.3) is 0 Å². The highest BCUT2D eigenvalue weighted by atomic mass is 16.7. The van der Waals surface area contributed by atoms with E-state index < -0.39 is 41.1 Å². The molecule has 0 saturated heterocycles. The molecule has 2 aromatic rings. The summed E-state index contributed by atoms with van der Waals surface area (Å²) in [7, 11) is 2.72. The van der Waals surface area contributed by atoms with E-state index in [0.717, 1.165) is 9.96 Å². The summed E-state index contributed by atoms with van der Waals surface area (Å²) in [5.41, 5.74) is -1.25. The molecule has 0 fully saturated rings. The minimum Gasteiger partial charge on any atom is -0.493 e. The van der Waals surface area contributed by atoms with Crippen molar-refractivity contribution in [1.82, 2.24) is 4.90 Å². The SMILES string of the molecule is CCOc1cc(C(CC(=O)OC)N2C(=O)c3cccc(N(OC(C)(C)C)C(=O)OC(C)(C)C)c3C2=O)ccc1OC. The zero-order valence-corrected chi connectivity index (χ0v) is 25.0. The molecule has 1 unspecified atom stereocenters. The van der Waals surface area contributed by atoms with E-state index in [9.17, 15) is 19.2 Å². The molecule has 222 valence electrons. The van der Waals surface area contributed by atoms with Gasteiger partial charge in [-0.25, -0.2) is 4.79 Å². The van der Waals surface area contributed by atoms with Crippen molar-refractivity contribution in [2.75, 3.05) is 25.9 Å². The second kappa shape index (κ2) is 12.2. The molecule has 2 aromatic carbocycles. The summed E-state index contributed by atoms with van der Waals surface area (Å²) >= 11 is 0. The maximum atomic E-state index is 14.1. The van der Waals surface area contributed by atoms with Gasteiger partial charge in [0, 0.05) is 0 Å². The van der Waals surface area contributed by atoms with Gasteiger partial charge in [-0.2, -0.15) is 5.06 Å². The van der Waals surface area contributed by atoms with Gasteiger partial charge in [0.2, 0.25) is 0 Å². The molecular formula is C30H38N2O9. The number of esters is 1. The Kier molecular flexibility index (Phi) is 9.33. The molecule has 41 heavy (non-hydrogen) atoms. The Morgan fingerprint density at radius 1 is 0.927 bits per heavy atom. The van der Waals surface area contributed by atoms with Gasteiger partial charge in [-0.1, -0.05) is 12.1 Å². The molecule has 11 nitrogen and oxygen atoms in total. The number of rotatable bonds is 9. The predicted molar refractivity (Wildman–Crippen MR) is 150 cm³/mol. The van der Waals surface area contributed by atoms with Gasteiger partial charge < -0.3 is 18.9 Å². The number of fused-ring (bicyclic) bond motifs is 1. The Balaban J connectivity index is 2.16. The van der Waals surface area contributed by atoms with Crippen molar-refractivity contribution in [1.29, 1.82) is 0 Å². The maximum Gasteiger partial charge on any atom is 0.439 e. The number of carbonyl (C=O) groups excluding carboxylic acids is 4. The normalized spacial score (nSPS) is 13.9. The average molecular weight is 571 g/mol. The number of imide groups is 1. The minimum atomic E-state index is -1.05. The molecule has 0 N–H and O–H groups in total. The van der Waals surface area contributed by atoms with Crippen LogP contribution in [0.5, 0.6) is 11.5 Å². The molecular weight excluding hydrogens is 532 g/mol. The van der Waals surface area contributed by atoms with E-state index in [1.807, 2.05) is 0 Å². The van der Waals surface area contributed by atoms with Crippen LogP contribution >= 0.6 is 0 Å². The van der Waals surface area contributed by atoms with Gasteiger partial charge >= 0.3 is 12.1 Å². The van der Waals surface area contributed by atoms with Crippen molar-refractivity contribution in [3.63, 3.8) is 0 Å². The summed E-state index contributed by atoms with van der Waals surface area (Å²) in [6.45, 7) is 12.5. The van der Waals surface area contributed by atoms with Crippen LogP contribution < -0.4 is 14.5 Å². The summed E-state index contributed by atoms with van der Waals surface area (Å²) in [6.07, 6.45) is -1.18. The maximum absolute atomic E-state index is 14.1. The average Bonchev–Trinajstić information content (AvgIpc) is 3.14. The van der Waals surface area contributed by atoms with Crippen molar-refractivity contribution in [3.8, 4) is 11.5 Å². The smallest absolute Gasteiger partial charge is 0.439 e. The summed E-state index contributed by atoms with van der Waals surface area (Å²) < 4.78 is 21.5. The largest absolute Gasteiger partial charge is 0.493 e. The number of nitrogens with zero attached hydrogens (tertiary/aromatic N) is 2. The fourth-order valence-corrected chi connectivity index (χ4v) is 4.27. The molecule has 0 spiro atoms. The zero-order valence-electron chi connectivity index (χ0n) is 25.0. The number of benzene rings is 2. The lowest BCUT2D eigenvalue weighted by atomic mass is 10.0. The fourth-order valence-electron chi connectivity index (χ4n) is 4.27. The van der Waals surface area contributed by atoms with Gasteiger partial charge in [0.05, 0.1) is 55.7 Å². The number of anilines is 1. The van der Waals surface area contributed by atoms with Crippen LogP contribution in [-0.2, 0) is 19.1 Å². The van der Waals surface area contributed by atoms with Crippen LogP contribution in [0.3, 0.4) is 0 Å². The number of hydroxylamine groups is 1. The fraction of sp³-hybridized carbons (Fsp3) is 0.467. The predicted octanol–water partition coefficient (Wildman–Crippen LogP) is 5.47. The number of methoxy groups -OCH3 is 2. The summed E-state index contributed by atoms with van der Waals surface area (Å²) in [5, 5.41) is 0.897. The van der Waals surface area contributed by atoms with Crippen molar-refractivity contribution in [2.24, 2.45) is 0 Å². The van der Waals surface area contributed by atoms with Gasteiger partial charge in [0.1, 0.15) is 5.60 Å². The van der Waals surface area contributed by atoms with Crippen LogP contribution in [0.2, 0.25) is 0 Å². The van der Waals surface area contributed by atoms with Gasteiger partial charge in [-0.3, -0.25) is 24.1 Å². The van der Waals surface area contributed by atoms with Crippen molar-refractivity contribution in [3.05, 3.63) is 53.1 Å². The van der Waals surface area contributed by atoms with Crippen LogP contribution in [0.1, 0.15) is 87.2 Å². The van der Waals surface area contributed by atoms with E-state index in [0.29, 0.717) is 23.7 Å². The molecule has 11 heteroatoms. The van der Waals surface area contributed by atoms with E-state index in [1.165, 1.54) is 26.4 Å². The highest BCUT2D eigenvalue weighted by molar-refractivity contribution is 6.24. The Bertz CT molecular complexity index is 1320. The second-order valence-corrected chi connectivity index (χ2v) is 11.3. The molecule has 3 rings (SSSR count). The summed E-state index contributed by atoms with van der Waals surface area (Å²) in [6, 6.07) is 8.38. The molecule has 0 saturated carbocycles. The van der Waals surface area contributed by atoms with Gasteiger partial charge in [0.15, 0.2) is 11.5 Å². The number of amides is 3.